The second-order valence-corrected chi connectivity index (χ2v) is 14.6. The minimum absolute atomic E-state index is 0.0162. The van der Waals surface area contributed by atoms with Crippen LogP contribution in [-0.4, -0.2) is 19.5 Å². The number of rotatable bonds is 4. The van der Waals surface area contributed by atoms with Crippen molar-refractivity contribution in [2.24, 2.45) is 0 Å². The fourth-order valence-corrected chi connectivity index (χ4v) is 9.50. The number of nitrogens with zero attached hydrogens (tertiary/aromatic N) is 4. The van der Waals surface area contributed by atoms with Crippen LogP contribution in [0.15, 0.2) is 158 Å². The lowest BCUT2D eigenvalue weighted by molar-refractivity contribution is 1.08. The predicted octanol–water partition coefficient (Wildman–Crippen LogP) is 12.7. The van der Waals surface area contributed by atoms with E-state index in [0.717, 1.165) is 68.2 Å². The van der Waals surface area contributed by atoms with Gasteiger partial charge in [-0.25, -0.2) is 15.0 Å². The molecule has 0 aliphatic carbocycles. The van der Waals surface area contributed by atoms with E-state index in [2.05, 4.69) is 102 Å². The van der Waals surface area contributed by atoms with E-state index >= 15 is 0 Å². The van der Waals surface area contributed by atoms with E-state index in [4.69, 9.17) is 21.8 Å². The third-order valence-electron chi connectivity index (χ3n) is 9.55. The molecular formula is C45H26N4S2. The zero-order chi connectivity index (χ0) is 37.8. The average Bonchev–Trinajstić information content (AvgIpc) is 3.91. The van der Waals surface area contributed by atoms with Gasteiger partial charge in [0.2, 0.25) is 0 Å². The monoisotopic (exact) mass is 691 g/mol. The Morgan fingerprint density at radius 3 is 1.82 bits per heavy atom. The molecule has 51 heavy (non-hydrogen) atoms. The van der Waals surface area contributed by atoms with E-state index < -0.39 is 18.1 Å². The summed E-state index contributed by atoms with van der Waals surface area (Å²) in [6.07, 6.45) is 0. The topological polar surface area (TPSA) is 43.6 Å². The molecule has 238 valence electrons. The third kappa shape index (κ3) is 4.47. The van der Waals surface area contributed by atoms with Gasteiger partial charge in [0.05, 0.1) is 17.9 Å². The van der Waals surface area contributed by atoms with Gasteiger partial charge in [-0.15, -0.1) is 22.7 Å². The number of aromatic nitrogens is 4. The lowest BCUT2D eigenvalue weighted by atomic mass is 10.0. The maximum absolute atomic E-state index is 8.82. The molecule has 0 aliphatic rings. The molecule has 4 nitrogen and oxygen atoms in total. The van der Waals surface area contributed by atoms with Crippen LogP contribution in [0.1, 0.15) is 6.85 Å². The SMILES string of the molecule is [2H]c1c([2H])c([2H])c(-c2nc(-c3ccc4sc5ccc(-n6c7ccccc7c7ccccc76)cc5c4c3)nc(-c3cccc4sc5ccccc5c34)n2)c([2H])c1[2H]. The zero-order valence-electron chi connectivity index (χ0n) is 31.7. The van der Waals surface area contributed by atoms with Gasteiger partial charge in [-0.05, 0) is 60.7 Å². The molecule has 0 fully saturated rings. The van der Waals surface area contributed by atoms with E-state index in [0.29, 0.717) is 11.6 Å². The first-order chi connectivity index (χ1) is 27.3. The highest BCUT2D eigenvalue weighted by Gasteiger charge is 2.18. The lowest BCUT2D eigenvalue weighted by Gasteiger charge is -2.10. The van der Waals surface area contributed by atoms with Gasteiger partial charge in [0.25, 0.3) is 0 Å². The fraction of sp³-hybridized carbons (Fsp3) is 0. The Morgan fingerprint density at radius 2 is 1.04 bits per heavy atom. The van der Waals surface area contributed by atoms with Crippen molar-refractivity contribution in [2.75, 3.05) is 0 Å². The summed E-state index contributed by atoms with van der Waals surface area (Å²) >= 11 is 3.40. The Bertz CT molecular complexity index is 3380. The van der Waals surface area contributed by atoms with E-state index in [1.54, 1.807) is 22.7 Å². The van der Waals surface area contributed by atoms with Crippen molar-refractivity contribution in [1.82, 2.24) is 19.5 Å². The highest BCUT2D eigenvalue weighted by atomic mass is 32.1. The van der Waals surface area contributed by atoms with Gasteiger partial charge in [0.15, 0.2) is 17.5 Å². The van der Waals surface area contributed by atoms with Crippen LogP contribution in [-0.2, 0) is 0 Å². The average molecular weight is 692 g/mol. The molecule has 11 aromatic rings. The van der Waals surface area contributed by atoms with Gasteiger partial charge in [-0.2, -0.15) is 0 Å². The Hall–Kier alpha value is -6.21. The van der Waals surface area contributed by atoms with Crippen molar-refractivity contribution in [3.8, 4) is 39.9 Å². The van der Waals surface area contributed by atoms with Crippen molar-refractivity contribution in [3.63, 3.8) is 0 Å². The standard InChI is InChI=1S/C45H26N4S2/c1-2-11-27(12-3-1)43-46-44(48-45(47-43)33-16-10-20-41-42(33)32-15-6-9-19-38(32)51-41)28-21-23-39-34(25-28)35-26-29(22-24-40(35)50-39)49-36-17-7-4-13-30(36)31-14-5-8-18-37(31)49/h1-26H/i1D,2D,3D,11D,12D. The fourth-order valence-electron chi connectivity index (χ4n) is 7.30. The molecule has 0 saturated heterocycles. The van der Waals surface area contributed by atoms with Crippen molar-refractivity contribution in [2.45, 2.75) is 0 Å². The second-order valence-electron chi connectivity index (χ2n) is 12.4. The molecule has 0 spiro atoms. The van der Waals surface area contributed by atoms with Gasteiger partial charge in [0, 0.05) is 73.5 Å². The number of para-hydroxylation sites is 2. The Morgan fingerprint density at radius 1 is 0.451 bits per heavy atom. The van der Waals surface area contributed by atoms with Crippen LogP contribution >= 0.6 is 22.7 Å². The number of benzene rings is 7. The summed E-state index contributed by atoms with van der Waals surface area (Å²) < 4.78 is 49.5. The molecule has 7 aromatic carbocycles. The molecule has 6 heteroatoms. The van der Waals surface area contributed by atoms with Crippen LogP contribution in [0.2, 0.25) is 0 Å². The summed E-state index contributed by atoms with van der Waals surface area (Å²) in [6, 6.07) is 41.9. The van der Waals surface area contributed by atoms with Crippen LogP contribution < -0.4 is 0 Å². The molecule has 0 bridgehead atoms. The summed E-state index contributed by atoms with van der Waals surface area (Å²) in [4.78, 5) is 14.8. The largest absolute Gasteiger partial charge is 0.309 e. The van der Waals surface area contributed by atoms with E-state index in [-0.39, 0.29) is 23.5 Å². The molecule has 0 radical (unpaired) electrons. The molecular weight excluding hydrogens is 661 g/mol. The normalized spacial score (nSPS) is 13.3. The van der Waals surface area contributed by atoms with E-state index in [1.165, 1.54) is 10.8 Å². The number of hydrogen-bond donors (Lipinski definition) is 0. The summed E-state index contributed by atoms with van der Waals surface area (Å²) in [5.41, 5.74) is 4.76. The first-order valence-corrected chi connectivity index (χ1v) is 18.2. The van der Waals surface area contributed by atoms with Crippen molar-refractivity contribution < 1.29 is 6.85 Å². The van der Waals surface area contributed by atoms with Gasteiger partial charge in [-0.3, -0.25) is 0 Å². The smallest absolute Gasteiger partial charge is 0.164 e. The summed E-state index contributed by atoms with van der Waals surface area (Å²) in [5.74, 6) is 0.713. The summed E-state index contributed by atoms with van der Waals surface area (Å²) in [6.45, 7) is 0. The molecule has 0 atom stereocenters. The molecule has 0 aliphatic heterocycles. The number of thiophene rings is 2. The minimum Gasteiger partial charge on any atom is -0.309 e. The Labute approximate surface area is 307 Å². The number of hydrogen-bond acceptors (Lipinski definition) is 5. The van der Waals surface area contributed by atoms with E-state index in [1.807, 2.05) is 30.3 Å². The van der Waals surface area contributed by atoms with Gasteiger partial charge in [0.1, 0.15) is 0 Å². The van der Waals surface area contributed by atoms with Crippen LogP contribution in [0.5, 0.6) is 0 Å². The van der Waals surface area contributed by atoms with Crippen LogP contribution in [0, 0.1) is 0 Å². The van der Waals surface area contributed by atoms with Crippen LogP contribution in [0.4, 0.5) is 0 Å². The molecule has 0 N–H and O–H groups in total. The van der Waals surface area contributed by atoms with Crippen LogP contribution in [0.25, 0.3) is 102 Å². The quantitative estimate of drug-likeness (QED) is 0.184. The molecule has 0 amide bonds. The van der Waals surface area contributed by atoms with Crippen molar-refractivity contribution in [3.05, 3.63) is 158 Å². The van der Waals surface area contributed by atoms with Crippen molar-refractivity contribution in [1.29, 1.82) is 0 Å². The highest BCUT2D eigenvalue weighted by Crippen LogP contribution is 2.41. The Balaban J connectivity index is 1.15. The van der Waals surface area contributed by atoms with Crippen molar-refractivity contribution >= 4 is 84.8 Å². The van der Waals surface area contributed by atoms with E-state index in [9.17, 15) is 0 Å². The molecule has 4 heterocycles. The zero-order valence-corrected chi connectivity index (χ0v) is 28.4. The Kier molecular flexibility index (Phi) is 5.25. The molecule has 4 aromatic heterocycles. The third-order valence-corrected chi connectivity index (χ3v) is 11.8. The minimum atomic E-state index is -0.470. The first-order valence-electron chi connectivity index (χ1n) is 19.0. The number of fused-ring (bicyclic) bond motifs is 9. The second kappa shape index (κ2) is 11.2. The van der Waals surface area contributed by atoms with Gasteiger partial charge in [-0.1, -0.05) is 96.9 Å². The maximum atomic E-state index is 8.82. The summed E-state index contributed by atoms with van der Waals surface area (Å²) in [5, 5.41) is 6.61. The summed E-state index contributed by atoms with van der Waals surface area (Å²) in [7, 11) is 0. The predicted molar refractivity (Wildman–Crippen MR) is 216 cm³/mol. The maximum Gasteiger partial charge on any atom is 0.164 e. The van der Waals surface area contributed by atoms with Gasteiger partial charge >= 0.3 is 0 Å². The molecule has 0 unspecified atom stereocenters. The van der Waals surface area contributed by atoms with Gasteiger partial charge < -0.3 is 4.57 Å². The first kappa shape index (κ1) is 24.0. The molecule has 11 rings (SSSR count). The molecule has 0 saturated carbocycles. The highest BCUT2D eigenvalue weighted by molar-refractivity contribution is 7.26. The lowest BCUT2D eigenvalue weighted by Crippen LogP contribution is -2.00. The van der Waals surface area contributed by atoms with Crippen LogP contribution in [0.3, 0.4) is 0 Å².